The van der Waals surface area contributed by atoms with Crippen LogP contribution < -0.4 is 5.32 Å². The quantitative estimate of drug-likeness (QED) is 0.385. The normalized spacial score (nSPS) is 21.8. The Hall–Kier alpha value is -0.710. The van der Waals surface area contributed by atoms with E-state index in [0.29, 0.717) is 32.5 Å². The third-order valence-corrected chi connectivity index (χ3v) is 9.01. The first-order valence-corrected chi connectivity index (χ1v) is 13.7. The molecule has 1 aliphatic carbocycles. The minimum atomic E-state index is -0.512. The van der Waals surface area contributed by atoms with Crippen LogP contribution in [-0.4, -0.2) is 11.0 Å². The number of halogens is 2. The highest BCUT2D eigenvalue weighted by atomic mass is 35.5. The molecule has 0 spiro atoms. The lowest BCUT2D eigenvalue weighted by Crippen LogP contribution is -2.41. The predicted octanol–water partition coefficient (Wildman–Crippen LogP) is 9.26. The summed E-state index contributed by atoms with van der Waals surface area (Å²) in [7, 11) is 0. The van der Waals surface area contributed by atoms with E-state index >= 15 is 0 Å². The predicted molar refractivity (Wildman–Crippen MR) is 143 cm³/mol. The van der Waals surface area contributed by atoms with Gasteiger partial charge in [0.05, 0.1) is 15.7 Å². The highest BCUT2D eigenvalue weighted by molar-refractivity contribution is 8.13. The molecule has 0 heterocycles. The molecule has 1 amide bonds. The molecule has 33 heavy (non-hydrogen) atoms. The van der Waals surface area contributed by atoms with Crippen molar-refractivity contribution in [1.29, 1.82) is 0 Å². The minimum absolute atomic E-state index is 0.0107. The Morgan fingerprint density at radius 2 is 1.61 bits per heavy atom. The first kappa shape index (κ1) is 28.5. The maximum atomic E-state index is 13.8. The number of carbonyl (C=O) groups is 2. The Morgan fingerprint density at radius 1 is 1.06 bits per heavy atom. The molecule has 0 aliphatic heterocycles. The van der Waals surface area contributed by atoms with Gasteiger partial charge >= 0.3 is 0 Å². The Labute approximate surface area is 215 Å². The summed E-state index contributed by atoms with van der Waals surface area (Å²) in [6.07, 6.45) is 5.77. The second-order valence-electron chi connectivity index (χ2n) is 12.2. The van der Waals surface area contributed by atoms with E-state index in [1.807, 2.05) is 20.8 Å². The van der Waals surface area contributed by atoms with Gasteiger partial charge < -0.3 is 5.32 Å². The van der Waals surface area contributed by atoms with Gasteiger partial charge in [-0.1, -0.05) is 78.6 Å². The van der Waals surface area contributed by atoms with Crippen molar-refractivity contribution in [3.63, 3.8) is 0 Å². The molecule has 1 aliphatic rings. The largest absolute Gasteiger partial charge is 0.325 e. The number of anilines is 1. The molecule has 1 N–H and O–H groups in total. The van der Waals surface area contributed by atoms with Crippen LogP contribution in [-0.2, 0) is 9.59 Å². The van der Waals surface area contributed by atoms with E-state index in [1.54, 1.807) is 12.1 Å². The standard InChI is InChI=1S/C27H41Cl2NO2S/c1-17(2)9-12-27(13-10-18(11-14-27)25(3,4)5)23(31)30-21-15-19(28)20(29)16-22(21)33-24(32)26(6,7)8/h15-18H,9-14H2,1-8H3,(H,30,31). The Bertz CT molecular complexity index is 860. The third-order valence-electron chi connectivity index (χ3n) is 6.94. The van der Waals surface area contributed by atoms with Crippen LogP contribution in [0.15, 0.2) is 17.0 Å². The molecule has 2 rings (SSSR count). The molecule has 186 valence electrons. The fraction of sp³-hybridized carbons (Fsp3) is 0.704. The van der Waals surface area contributed by atoms with Crippen LogP contribution in [0.3, 0.4) is 0 Å². The summed E-state index contributed by atoms with van der Waals surface area (Å²) in [5.41, 5.74) is -0.0869. The summed E-state index contributed by atoms with van der Waals surface area (Å²) in [4.78, 5) is 27.2. The lowest BCUT2D eigenvalue weighted by molar-refractivity contribution is -0.129. The Balaban J connectivity index is 2.33. The number of thioether (sulfide) groups is 1. The summed E-state index contributed by atoms with van der Waals surface area (Å²) in [6, 6.07) is 3.36. The second kappa shape index (κ2) is 10.9. The zero-order valence-electron chi connectivity index (χ0n) is 21.5. The average molecular weight is 515 g/mol. The monoisotopic (exact) mass is 513 g/mol. The number of nitrogens with one attached hydrogen (secondary N) is 1. The summed E-state index contributed by atoms with van der Waals surface area (Å²) in [5, 5.41) is 3.92. The van der Waals surface area contributed by atoms with Gasteiger partial charge in [0.2, 0.25) is 5.91 Å². The molecule has 0 aromatic heterocycles. The van der Waals surface area contributed by atoms with Crippen molar-refractivity contribution >= 4 is 51.7 Å². The van der Waals surface area contributed by atoms with Gasteiger partial charge in [-0.3, -0.25) is 9.59 Å². The molecule has 6 heteroatoms. The number of rotatable bonds is 6. The summed E-state index contributed by atoms with van der Waals surface area (Å²) in [5.74, 6) is 1.20. The first-order valence-electron chi connectivity index (χ1n) is 12.1. The number of benzene rings is 1. The van der Waals surface area contributed by atoms with Crippen molar-refractivity contribution in [1.82, 2.24) is 0 Å². The van der Waals surface area contributed by atoms with Crippen LogP contribution in [0.2, 0.25) is 10.0 Å². The van der Waals surface area contributed by atoms with E-state index in [-0.39, 0.29) is 16.4 Å². The zero-order chi connectivity index (χ0) is 25.2. The van der Waals surface area contributed by atoms with Gasteiger partial charge in [0.1, 0.15) is 0 Å². The van der Waals surface area contributed by atoms with Crippen molar-refractivity contribution in [2.75, 3.05) is 5.32 Å². The third kappa shape index (κ3) is 7.64. The van der Waals surface area contributed by atoms with E-state index in [2.05, 4.69) is 39.9 Å². The van der Waals surface area contributed by atoms with Gasteiger partial charge in [0.25, 0.3) is 0 Å². The fourth-order valence-corrected chi connectivity index (χ4v) is 5.71. The van der Waals surface area contributed by atoms with Gasteiger partial charge in [-0.25, -0.2) is 0 Å². The maximum Gasteiger partial charge on any atom is 0.230 e. The smallest absolute Gasteiger partial charge is 0.230 e. The van der Waals surface area contributed by atoms with E-state index in [0.717, 1.165) is 50.3 Å². The van der Waals surface area contributed by atoms with Gasteiger partial charge in [0.15, 0.2) is 5.12 Å². The lowest BCUT2D eigenvalue weighted by atomic mass is 9.62. The Kier molecular flexibility index (Phi) is 9.43. The number of amides is 1. The minimum Gasteiger partial charge on any atom is -0.325 e. The molecule has 3 nitrogen and oxygen atoms in total. The van der Waals surface area contributed by atoms with Gasteiger partial charge in [-0.2, -0.15) is 0 Å². The van der Waals surface area contributed by atoms with Crippen molar-refractivity contribution in [3.05, 3.63) is 22.2 Å². The molecule has 1 aromatic carbocycles. The van der Waals surface area contributed by atoms with E-state index < -0.39 is 10.8 Å². The molecule has 0 saturated heterocycles. The molecule has 0 unspecified atom stereocenters. The van der Waals surface area contributed by atoms with Crippen molar-refractivity contribution < 1.29 is 9.59 Å². The molecule has 1 aromatic rings. The van der Waals surface area contributed by atoms with Crippen LogP contribution in [0.5, 0.6) is 0 Å². The molecule has 0 atom stereocenters. The summed E-state index contributed by atoms with van der Waals surface area (Å²) < 4.78 is 0. The number of carbonyl (C=O) groups excluding carboxylic acids is 2. The van der Waals surface area contributed by atoms with Gasteiger partial charge in [0, 0.05) is 15.7 Å². The molecule has 1 saturated carbocycles. The summed E-state index contributed by atoms with van der Waals surface area (Å²) in [6.45, 7) is 16.9. The fourth-order valence-electron chi connectivity index (χ4n) is 4.41. The van der Waals surface area contributed by atoms with Gasteiger partial charge in [-0.15, -0.1) is 0 Å². The molecule has 0 radical (unpaired) electrons. The SMILES string of the molecule is CC(C)CCC1(C(=O)Nc2cc(Cl)c(Cl)cc2SC(=O)C(C)(C)C)CCC(C(C)(C)C)CC1. The zero-order valence-corrected chi connectivity index (χ0v) is 23.9. The summed E-state index contributed by atoms with van der Waals surface area (Å²) >= 11 is 13.7. The molecule has 0 bridgehead atoms. The van der Waals surface area contributed by atoms with Crippen molar-refractivity contribution in [2.45, 2.75) is 98.8 Å². The molecular formula is C27H41Cl2NO2S. The van der Waals surface area contributed by atoms with Crippen LogP contribution >= 0.6 is 35.0 Å². The first-order chi connectivity index (χ1) is 15.0. The highest BCUT2D eigenvalue weighted by Crippen LogP contribution is 2.49. The van der Waals surface area contributed by atoms with Crippen molar-refractivity contribution in [3.8, 4) is 0 Å². The Morgan fingerprint density at radius 3 is 2.09 bits per heavy atom. The topological polar surface area (TPSA) is 46.2 Å². The molecular weight excluding hydrogens is 473 g/mol. The van der Waals surface area contributed by atoms with Crippen LogP contribution in [0.4, 0.5) is 5.69 Å². The van der Waals surface area contributed by atoms with E-state index in [1.165, 1.54) is 0 Å². The van der Waals surface area contributed by atoms with Crippen LogP contribution in [0, 0.1) is 28.1 Å². The molecule has 1 fully saturated rings. The average Bonchev–Trinajstić information content (AvgIpc) is 2.68. The highest BCUT2D eigenvalue weighted by Gasteiger charge is 2.43. The van der Waals surface area contributed by atoms with Crippen LogP contribution in [0.1, 0.15) is 93.9 Å². The lowest BCUT2D eigenvalue weighted by Gasteiger charge is -2.43. The van der Waals surface area contributed by atoms with Crippen molar-refractivity contribution in [2.24, 2.45) is 28.1 Å². The van der Waals surface area contributed by atoms with Crippen LogP contribution in [0.25, 0.3) is 0 Å². The maximum absolute atomic E-state index is 13.8. The van der Waals surface area contributed by atoms with Gasteiger partial charge in [-0.05, 0) is 79.7 Å². The number of hydrogen-bond acceptors (Lipinski definition) is 3. The second-order valence-corrected chi connectivity index (χ2v) is 14.0. The van der Waals surface area contributed by atoms with E-state index in [9.17, 15) is 9.59 Å². The van der Waals surface area contributed by atoms with E-state index in [4.69, 9.17) is 23.2 Å². The number of hydrogen-bond donors (Lipinski definition) is 1.